The molecule has 1 aliphatic heterocycles. The number of amides is 1. The van der Waals surface area contributed by atoms with Crippen molar-refractivity contribution in [3.8, 4) is 0 Å². The highest BCUT2D eigenvalue weighted by molar-refractivity contribution is 5.84. The highest BCUT2D eigenvalue weighted by Gasteiger charge is 2.44. The molecule has 0 spiro atoms. The second-order valence-electron chi connectivity index (χ2n) is 6.87. The second-order valence-corrected chi connectivity index (χ2v) is 6.87. The lowest BCUT2D eigenvalue weighted by atomic mass is 9.99. The molecule has 4 unspecified atom stereocenters. The van der Waals surface area contributed by atoms with Crippen LogP contribution >= 0.6 is 0 Å². The molecule has 1 N–H and O–H groups in total. The van der Waals surface area contributed by atoms with Crippen molar-refractivity contribution in [2.75, 3.05) is 0 Å². The van der Waals surface area contributed by atoms with Gasteiger partial charge in [-0.25, -0.2) is 0 Å². The predicted octanol–water partition coefficient (Wildman–Crippen LogP) is 3.31. The van der Waals surface area contributed by atoms with Crippen molar-refractivity contribution in [2.24, 2.45) is 5.92 Å². The minimum atomic E-state index is -0.0801. The number of carbonyl (C=O) groups excluding carboxylic acids is 1. The Morgan fingerprint density at radius 2 is 1.95 bits per heavy atom. The molecular formula is C18H26N2O. The van der Waals surface area contributed by atoms with E-state index in [9.17, 15) is 4.79 Å². The van der Waals surface area contributed by atoms with Crippen LogP contribution in [0.2, 0.25) is 0 Å². The third kappa shape index (κ3) is 2.48. The third-order valence-corrected chi connectivity index (χ3v) is 5.20. The number of nitrogens with zero attached hydrogens (tertiary/aromatic N) is 1. The SMILES string of the molecule is Cc1ccc(C2NC(C)C(=O)N2C2CCCC2C)c(C)c1. The van der Waals surface area contributed by atoms with Crippen molar-refractivity contribution < 1.29 is 4.79 Å². The zero-order valence-electron chi connectivity index (χ0n) is 13.5. The normalized spacial score (nSPS) is 33.0. The Labute approximate surface area is 127 Å². The molecule has 2 fully saturated rings. The second kappa shape index (κ2) is 5.45. The van der Waals surface area contributed by atoms with Crippen molar-refractivity contribution >= 4 is 5.91 Å². The van der Waals surface area contributed by atoms with Crippen LogP contribution in [-0.2, 0) is 4.79 Å². The molecule has 1 aliphatic carbocycles. The lowest BCUT2D eigenvalue weighted by Gasteiger charge is -2.33. The fourth-order valence-electron chi connectivity index (χ4n) is 4.01. The molecule has 1 aromatic rings. The van der Waals surface area contributed by atoms with E-state index >= 15 is 0 Å². The van der Waals surface area contributed by atoms with Gasteiger partial charge < -0.3 is 4.90 Å². The van der Waals surface area contributed by atoms with Crippen LogP contribution in [0.1, 0.15) is 56.0 Å². The van der Waals surface area contributed by atoms with Crippen LogP contribution in [0.5, 0.6) is 0 Å². The van der Waals surface area contributed by atoms with Crippen molar-refractivity contribution in [1.82, 2.24) is 10.2 Å². The number of carbonyl (C=O) groups is 1. The highest BCUT2D eigenvalue weighted by atomic mass is 16.2. The van der Waals surface area contributed by atoms with E-state index in [1.54, 1.807) is 0 Å². The van der Waals surface area contributed by atoms with E-state index in [4.69, 9.17) is 0 Å². The lowest BCUT2D eigenvalue weighted by Crippen LogP contribution is -2.41. The zero-order valence-corrected chi connectivity index (χ0v) is 13.5. The summed E-state index contributed by atoms with van der Waals surface area (Å²) in [5, 5.41) is 3.50. The maximum atomic E-state index is 12.7. The average molecular weight is 286 g/mol. The van der Waals surface area contributed by atoms with Crippen molar-refractivity contribution in [1.29, 1.82) is 0 Å². The summed E-state index contributed by atoms with van der Waals surface area (Å²) >= 11 is 0. The van der Waals surface area contributed by atoms with Crippen LogP contribution in [0.25, 0.3) is 0 Å². The molecule has 114 valence electrons. The summed E-state index contributed by atoms with van der Waals surface area (Å²) in [7, 11) is 0. The molecule has 21 heavy (non-hydrogen) atoms. The number of benzene rings is 1. The van der Waals surface area contributed by atoms with E-state index in [2.05, 4.69) is 49.2 Å². The van der Waals surface area contributed by atoms with E-state index in [1.165, 1.54) is 29.5 Å². The fourth-order valence-corrected chi connectivity index (χ4v) is 4.01. The van der Waals surface area contributed by atoms with Crippen LogP contribution in [0.4, 0.5) is 0 Å². The van der Waals surface area contributed by atoms with E-state index in [1.807, 2.05) is 6.92 Å². The first kappa shape index (κ1) is 14.6. The largest absolute Gasteiger partial charge is 0.318 e. The summed E-state index contributed by atoms with van der Waals surface area (Å²) in [5.41, 5.74) is 3.79. The topological polar surface area (TPSA) is 32.3 Å². The lowest BCUT2D eigenvalue weighted by molar-refractivity contribution is -0.132. The molecule has 0 radical (unpaired) electrons. The van der Waals surface area contributed by atoms with Crippen LogP contribution in [0.3, 0.4) is 0 Å². The first-order chi connectivity index (χ1) is 9.99. The van der Waals surface area contributed by atoms with Gasteiger partial charge in [-0.05, 0) is 50.7 Å². The summed E-state index contributed by atoms with van der Waals surface area (Å²) in [4.78, 5) is 14.8. The van der Waals surface area contributed by atoms with Crippen molar-refractivity contribution in [3.05, 3.63) is 34.9 Å². The molecule has 2 aliphatic rings. The first-order valence-corrected chi connectivity index (χ1v) is 8.14. The molecule has 1 amide bonds. The highest BCUT2D eigenvalue weighted by Crippen LogP contribution is 2.38. The zero-order chi connectivity index (χ0) is 15.1. The molecule has 3 heteroatoms. The molecule has 1 heterocycles. The standard InChI is InChI=1S/C18H26N2O/c1-11-8-9-15(13(3)10-11)17-19-14(4)18(21)20(17)16-7-5-6-12(16)2/h8-10,12,14,16-17,19H,5-7H2,1-4H3. The van der Waals surface area contributed by atoms with Gasteiger partial charge in [0.15, 0.2) is 0 Å². The molecule has 0 aromatic heterocycles. The molecule has 1 aromatic carbocycles. The molecule has 4 atom stereocenters. The quantitative estimate of drug-likeness (QED) is 0.904. The summed E-state index contributed by atoms with van der Waals surface area (Å²) in [6.45, 7) is 8.53. The molecule has 3 rings (SSSR count). The number of hydrogen-bond acceptors (Lipinski definition) is 2. The predicted molar refractivity (Wildman–Crippen MR) is 84.9 cm³/mol. The molecule has 1 saturated heterocycles. The van der Waals surface area contributed by atoms with Gasteiger partial charge in [0, 0.05) is 6.04 Å². The Balaban J connectivity index is 1.97. The van der Waals surface area contributed by atoms with Gasteiger partial charge in [0.2, 0.25) is 5.91 Å². The van der Waals surface area contributed by atoms with Gasteiger partial charge in [-0.3, -0.25) is 10.1 Å². The molecular weight excluding hydrogens is 260 g/mol. The van der Waals surface area contributed by atoms with Gasteiger partial charge in [-0.15, -0.1) is 0 Å². The number of rotatable bonds is 2. The van der Waals surface area contributed by atoms with Crippen LogP contribution < -0.4 is 5.32 Å². The molecule has 0 bridgehead atoms. The smallest absolute Gasteiger partial charge is 0.241 e. The van der Waals surface area contributed by atoms with Crippen molar-refractivity contribution in [2.45, 2.75) is 65.2 Å². The maximum absolute atomic E-state index is 12.7. The van der Waals surface area contributed by atoms with E-state index in [0.29, 0.717) is 12.0 Å². The van der Waals surface area contributed by atoms with Gasteiger partial charge in [0.1, 0.15) is 6.17 Å². The molecule has 3 nitrogen and oxygen atoms in total. The Morgan fingerprint density at radius 1 is 1.19 bits per heavy atom. The van der Waals surface area contributed by atoms with Crippen LogP contribution in [0.15, 0.2) is 18.2 Å². The van der Waals surface area contributed by atoms with Gasteiger partial charge in [0.25, 0.3) is 0 Å². The third-order valence-electron chi connectivity index (χ3n) is 5.20. The van der Waals surface area contributed by atoms with Crippen LogP contribution in [0, 0.1) is 19.8 Å². The first-order valence-electron chi connectivity index (χ1n) is 8.14. The number of nitrogens with one attached hydrogen (secondary N) is 1. The van der Waals surface area contributed by atoms with Gasteiger partial charge >= 0.3 is 0 Å². The summed E-state index contributed by atoms with van der Waals surface area (Å²) in [6, 6.07) is 6.85. The summed E-state index contributed by atoms with van der Waals surface area (Å²) < 4.78 is 0. The Morgan fingerprint density at radius 3 is 2.57 bits per heavy atom. The Bertz CT molecular complexity index is 554. The summed E-state index contributed by atoms with van der Waals surface area (Å²) in [5.74, 6) is 0.869. The van der Waals surface area contributed by atoms with Gasteiger partial charge in [-0.2, -0.15) is 0 Å². The maximum Gasteiger partial charge on any atom is 0.241 e. The monoisotopic (exact) mass is 286 g/mol. The fraction of sp³-hybridized carbons (Fsp3) is 0.611. The van der Waals surface area contributed by atoms with E-state index in [0.717, 1.165) is 6.42 Å². The van der Waals surface area contributed by atoms with Gasteiger partial charge in [-0.1, -0.05) is 37.1 Å². The Hall–Kier alpha value is -1.35. The van der Waals surface area contributed by atoms with Gasteiger partial charge in [0.05, 0.1) is 6.04 Å². The minimum absolute atomic E-state index is 0.0404. The number of hydrogen-bond donors (Lipinski definition) is 1. The average Bonchev–Trinajstić information content (AvgIpc) is 2.95. The van der Waals surface area contributed by atoms with E-state index in [-0.39, 0.29) is 18.1 Å². The van der Waals surface area contributed by atoms with Crippen LogP contribution in [-0.4, -0.2) is 22.9 Å². The van der Waals surface area contributed by atoms with E-state index < -0.39 is 0 Å². The minimum Gasteiger partial charge on any atom is -0.318 e. The Kier molecular flexibility index (Phi) is 3.78. The molecule has 1 saturated carbocycles. The van der Waals surface area contributed by atoms with Crippen molar-refractivity contribution in [3.63, 3.8) is 0 Å². The number of aryl methyl sites for hydroxylation is 2. The summed E-state index contributed by atoms with van der Waals surface area (Å²) in [6.07, 6.45) is 3.66.